The smallest absolute Gasteiger partial charge is 0.222 e. The molecule has 0 spiro atoms. The van der Waals surface area contributed by atoms with Gasteiger partial charge >= 0.3 is 0 Å². The SMILES string of the molecule is Cc1ccc2c(c1)c(N=O)c(O)n2CCCOc1ccccc1. The van der Waals surface area contributed by atoms with E-state index in [4.69, 9.17) is 4.74 Å². The summed E-state index contributed by atoms with van der Waals surface area (Å²) in [5.74, 6) is 0.736. The summed E-state index contributed by atoms with van der Waals surface area (Å²) in [6, 6.07) is 15.3. The maximum absolute atomic E-state index is 11.0. The topological polar surface area (TPSA) is 63.8 Å². The number of nitrogens with zero attached hydrogens (tertiary/aromatic N) is 2. The first kappa shape index (κ1) is 15.1. The summed E-state index contributed by atoms with van der Waals surface area (Å²) in [5, 5.41) is 13.9. The summed E-state index contributed by atoms with van der Waals surface area (Å²) in [6.45, 7) is 3.02. The molecule has 0 radical (unpaired) electrons. The maximum atomic E-state index is 11.0. The van der Waals surface area contributed by atoms with Crippen molar-refractivity contribution in [3.05, 3.63) is 59.0 Å². The minimum Gasteiger partial charge on any atom is -0.494 e. The molecule has 5 nitrogen and oxygen atoms in total. The van der Waals surface area contributed by atoms with Crippen LogP contribution in [0.3, 0.4) is 0 Å². The monoisotopic (exact) mass is 310 g/mol. The van der Waals surface area contributed by atoms with Crippen LogP contribution in [0.4, 0.5) is 5.69 Å². The fraction of sp³-hybridized carbons (Fsp3) is 0.222. The van der Waals surface area contributed by atoms with E-state index in [1.165, 1.54) is 0 Å². The van der Waals surface area contributed by atoms with Crippen LogP contribution in [0.25, 0.3) is 10.9 Å². The highest BCUT2D eigenvalue weighted by Crippen LogP contribution is 2.38. The lowest BCUT2D eigenvalue weighted by molar-refractivity contribution is 0.298. The van der Waals surface area contributed by atoms with Crippen molar-refractivity contribution in [2.45, 2.75) is 19.9 Å². The van der Waals surface area contributed by atoms with Gasteiger partial charge in [-0.05, 0) is 42.8 Å². The largest absolute Gasteiger partial charge is 0.494 e. The Balaban J connectivity index is 1.75. The van der Waals surface area contributed by atoms with E-state index >= 15 is 0 Å². The zero-order valence-electron chi connectivity index (χ0n) is 12.9. The van der Waals surface area contributed by atoms with Crippen molar-refractivity contribution in [3.63, 3.8) is 0 Å². The predicted octanol–water partition coefficient (Wildman–Crippen LogP) is 4.52. The quantitative estimate of drug-likeness (QED) is 0.537. The summed E-state index contributed by atoms with van der Waals surface area (Å²) in [5.41, 5.74) is 1.93. The van der Waals surface area contributed by atoms with E-state index in [1.54, 1.807) is 4.57 Å². The number of aromatic nitrogens is 1. The zero-order chi connectivity index (χ0) is 16.2. The van der Waals surface area contributed by atoms with Crippen molar-refractivity contribution >= 4 is 16.6 Å². The number of aromatic hydroxyl groups is 1. The molecule has 2 aromatic carbocycles. The van der Waals surface area contributed by atoms with Crippen LogP contribution in [-0.4, -0.2) is 16.3 Å². The zero-order valence-corrected chi connectivity index (χ0v) is 12.9. The van der Waals surface area contributed by atoms with E-state index in [-0.39, 0.29) is 11.6 Å². The van der Waals surface area contributed by atoms with Gasteiger partial charge in [-0.2, -0.15) is 0 Å². The molecule has 3 aromatic rings. The molecule has 23 heavy (non-hydrogen) atoms. The summed E-state index contributed by atoms with van der Waals surface area (Å²) in [7, 11) is 0. The van der Waals surface area contributed by atoms with Gasteiger partial charge in [0.25, 0.3) is 0 Å². The number of hydrogen-bond acceptors (Lipinski definition) is 4. The molecule has 0 aliphatic carbocycles. The molecule has 0 aliphatic rings. The summed E-state index contributed by atoms with van der Waals surface area (Å²) in [6.07, 6.45) is 0.707. The van der Waals surface area contributed by atoms with Crippen molar-refractivity contribution < 1.29 is 9.84 Å². The first-order valence-corrected chi connectivity index (χ1v) is 7.53. The normalized spacial score (nSPS) is 10.8. The van der Waals surface area contributed by atoms with E-state index in [9.17, 15) is 10.0 Å². The number of rotatable bonds is 6. The number of nitroso groups, excluding NO2 is 1. The minimum absolute atomic E-state index is 0.0830. The van der Waals surface area contributed by atoms with Crippen LogP contribution in [-0.2, 0) is 6.54 Å². The molecular formula is C18H18N2O3. The van der Waals surface area contributed by atoms with Gasteiger partial charge in [-0.1, -0.05) is 29.8 Å². The molecule has 0 atom stereocenters. The van der Waals surface area contributed by atoms with Crippen molar-refractivity contribution in [1.29, 1.82) is 0 Å². The third-order valence-electron chi connectivity index (χ3n) is 3.79. The molecule has 5 heteroatoms. The molecule has 118 valence electrons. The fourth-order valence-corrected chi connectivity index (χ4v) is 2.68. The van der Waals surface area contributed by atoms with Crippen molar-refractivity contribution in [2.24, 2.45) is 5.18 Å². The van der Waals surface area contributed by atoms with Gasteiger partial charge in [-0.15, -0.1) is 4.91 Å². The fourth-order valence-electron chi connectivity index (χ4n) is 2.68. The molecule has 1 N–H and O–H groups in total. The van der Waals surface area contributed by atoms with Crippen LogP contribution in [0.2, 0.25) is 0 Å². The average molecular weight is 310 g/mol. The highest BCUT2D eigenvalue weighted by molar-refractivity contribution is 5.95. The molecule has 0 amide bonds. The third-order valence-corrected chi connectivity index (χ3v) is 3.79. The highest BCUT2D eigenvalue weighted by Gasteiger charge is 2.17. The highest BCUT2D eigenvalue weighted by atomic mass is 16.5. The van der Waals surface area contributed by atoms with Gasteiger partial charge in [-0.3, -0.25) is 0 Å². The Labute approximate surface area is 134 Å². The Morgan fingerprint density at radius 2 is 1.96 bits per heavy atom. The maximum Gasteiger partial charge on any atom is 0.222 e. The molecular weight excluding hydrogens is 292 g/mol. The van der Waals surface area contributed by atoms with Crippen molar-refractivity contribution in [1.82, 2.24) is 4.57 Å². The number of benzene rings is 2. The lowest BCUT2D eigenvalue weighted by Crippen LogP contribution is -2.04. The van der Waals surface area contributed by atoms with Gasteiger partial charge in [0, 0.05) is 11.9 Å². The molecule has 0 bridgehead atoms. The Hall–Kier alpha value is -2.82. The van der Waals surface area contributed by atoms with Crippen LogP contribution in [0.5, 0.6) is 11.6 Å². The molecule has 0 aliphatic heterocycles. The summed E-state index contributed by atoms with van der Waals surface area (Å²) in [4.78, 5) is 11.0. The number of fused-ring (bicyclic) bond motifs is 1. The molecule has 0 unspecified atom stereocenters. The van der Waals surface area contributed by atoms with Gasteiger partial charge in [0.1, 0.15) is 5.75 Å². The van der Waals surface area contributed by atoms with E-state index in [0.717, 1.165) is 16.8 Å². The number of aryl methyl sites for hydroxylation is 2. The Morgan fingerprint density at radius 1 is 1.17 bits per heavy atom. The first-order chi connectivity index (χ1) is 11.2. The van der Waals surface area contributed by atoms with Gasteiger partial charge in [-0.25, -0.2) is 0 Å². The predicted molar refractivity (Wildman–Crippen MR) is 90.3 cm³/mol. The van der Waals surface area contributed by atoms with Gasteiger partial charge in [0.05, 0.1) is 12.1 Å². The van der Waals surface area contributed by atoms with Crippen LogP contribution < -0.4 is 4.74 Å². The van der Waals surface area contributed by atoms with Gasteiger partial charge in [0.2, 0.25) is 5.88 Å². The average Bonchev–Trinajstić information content (AvgIpc) is 2.83. The molecule has 1 heterocycles. The Morgan fingerprint density at radius 3 is 2.70 bits per heavy atom. The van der Waals surface area contributed by atoms with Crippen molar-refractivity contribution in [2.75, 3.05) is 6.61 Å². The standard InChI is InChI=1S/C18H18N2O3/c1-13-8-9-16-15(12-13)17(19-22)18(21)20(16)10-5-11-23-14-6-3-2-4-7-14/h2-4,6-9,12,21H,5,10-11H2,1H3. The van der Waals surface area contributed by atoms with Crippen LogP contribution in [0, 0.1) is 11.8 Å². The lowest BCUT2D eigenvalue weighted by Gasteiger charge is -2.08. The van der Waals surface area contributed by atoms with Crippen LogP contribution >= 0.6 is 0 Å². The second-order valence-corrected chi connectivity index (χ2v) is 5.45. The van der Waals surface area contributed by atoms with E-state index < -0.39 is 0 Å². The third kappa shape index (κ3) is 3.04. The Kier molecular flexibility index (Phi) is 4.28. The van der Waals surface area contributed by atoms with E-state index in [0.29, 0.717) is 25.0 Å². The van der Waals surface area contributed by atoms with Gasteiger partial charge < -0.3 is 14.4 Å². The second-order valence-electron chi connectivity index (χ2n) is 5.45. The summed E-state index contributed by atoms with van der Waals surface area (Å²) >= 11 is 0. The van der Waals surface area contributed by atoms with Crippen LogP contribution in [0.15, 0.2) is 53.7 Å². The number of para-hydroxylation sites is 1. The molecule has 3 rings (SSSR count). The first-order valence-electron chi connectivity index (χ1n) is 7.53. The molecule has 0 saturated heterocycles. The second kappa shape index (κ2) is 6.52. The minimum atomic E-state index is -0.0830. The summed E-state index contributed by atoms with van der Waals surface area (Å²) < 4.78 is 7.36. The Bertz CT molecular complexity index is 825. The number of ether oxygens (including phenoxy) is 1. The molecule has 0 saturated carbocycles. The van der Waals surface area contributed by atoms with E-state index in [2.05, 4.69) is 5.18 Å². The number of hydrogen-bond donors (Lipinski definition) is 1. The van der Waals surface area contributed by atoms with Gasteiger partial charge in [0.15, 0.2) is 5.69 Å². The van der Waals surface area contributed by atoms with E-state index in [1.807, 2.05) is 55.5 Å². The molecule has 0 fully saturated rings. The molecule has 1 aromatic heterocycles. The van der Waals surface area contributed by atoms with Crippen molar-refractivity contribution in [3.8, 4) is 11.6 Å². The van der Waals surface area contributed by atoms with Crippen LogP contribution in [0.1, 0.15) is 12.0 Å². The lowest BCUT2D eigenvalue weighted by atomic mass is 10.1.